The van der Waals surface area contributed by atoms with Gasteiger partial charge < -0.3 is 40.7 Å². The largest absolute Gasteiger partial charge is 0.408 e. The number of nitrogens with two attached hydrogens (primary N) is 1. The number of amides is 1. The van der Waals surface area contributed by atoms with Crippen molar-refractivity contribution in [3.05, 3.63) is 0 Å². The minimum Gasteiger partial charge on any atom is -0.394 e. The van der Waals surface area contributed by atoms with Crippen LogP contribution < -0.4 is 5.73 Å². The van der Waals surface area contributed by atoms with E-state index < -0.39 is 43.1 Å². The van der Waals surface area contributed by atoms with Crippen LogP contribution in [-0.2, 0) is 9.47 Å². The summed E-state index contributed by atoms with van der Waals surface area (Å²) >= 11 is 0. The van der Waals surface area contributed by atoms with E-state index in [1.807, 2.05) is 0 Å². The van der Waals surface area contributed by atoms with E-state index in [9.17, 15) is 25.2 Å². The lowest BCUT2D eigenvalue weighted by molar-refractivity contribution is -0.430. The summed E-state index contributed by atoms with van der Waals surface area (Å²) in [6, 6.07) is 0. The third kappa shape index (κ3) is 2.24. The van der Waals surface area contributed by atoms with Crippen molar-refractivity contribution in [3.63, 3.8) is 0 Å². The molecule has 1 heterocycles. The van der Waals surface area contributed by atoms with Crippen molar-refractivity contribution < 1.29 is 39.8 Å². The molecule has 0 aromatic heterocycles. The number of aliphatic hydroxyl groups is 5. The Kier molecular flexibility index (Phi) is 3.68. The highest BCUT2D eigenvalue weighted by atomic mass is 16.9. The van der Waals surface area contributed by atoms with Gasteiger partial charge in [-0.15, -0.1) is 0 Å². The first-order valence-corrected chi connectivity index (χ1v) is 4.35. The summed E-state index contributed by atoms with van der Waals surface area (Å²) in [5.74, 6) is -2.90. The highest BCUT2D eigenvalue weighted by Crippen LogP contribution is 2.28. The fourth-order valence-corrected chi connectivity index (χ4v) is 1.35. The molecule has 1 rings (SSSR count). The molecule has 0 spiro atoms. The molecule has 7 N–H and O–H groups in total. The first kappa shape index (κ1) is 13.1. The molecule has 0 aromatic rings. The fraction of sp³-hybridized carbons (Fsp3) is 0.857. The van der Waals surface area contributed by atoms with Crippen molar-refractivity contribution in [1.82, 2.24) is 0 Å². The molecule has 1 fully saturated rings. The molecule has 1 unspecified atom stereocenters. The molecule has 0 aromatic carbocycles. The van der Waals surface area contributed by atoms with Crippen LogP contribution in [-0.4, -0.2) is 68.6 Å². The Morgan fingerprint density at radius 2 is 1.94 bits per heavy atom. The average molecular weight is 239 g/mol. The molecule has 0 aliphatic carbocycles. The number of hydrogen-bond acceptors (Lipinski definition) is 8. The van der Waals surface area contributed by atoms with Gasteiger partial charge in [-0.25, -0.2) is 4.79 Å². The molecule has 16 heavy (non-hydrogen) atoms. The van der Waals surface area contributed by atoms with Gasteiger partial charge in [-0.3, -0.25) is 0 Å². The van der Waals surface area contributed by atoms with E-state index in [0.29, 0.717) is 0 Å². The number of carbonyl (C=O) groups is 1. The van der Waals surface area contributed by atoms with Gasteiger partial charge in [-0.2, -0.15) is 0 Å². The van der Waals surface area contributed by atoms with Crippen LogP contribution >= 0.6 is 0 Å². The lowest BCUT2D eigenvalue weighted by atomic mass is 9.98. The van der Waals surface area contributed by atoms with Crippen LogP contribution in [0.15, 0.2) is 0 Å². The van der Waals surface area contributed by atoms with Crippen LogP contribution in [0.4, 0.5) is 4.79 Å². The van der Waals surface area contributed by atoms with Crippen LogP contribution in [0.25, 0.3) is 0 Å². The Labute approximate surface area is 89.6 Å². The zero-order valence-corrected chi connectivity index (χ0v) is 8.05. The molecule has 1 aliphatic heterocycles. The number of ether oxygens (including phenoxy) is 2. The van der Waals surface area contributed by atoms with E-state index in [1.54, 1.807) is 0 Å². The lowest BCUT2D eigenvalue weighted by Gasteiger charge is -2.43. The maximum absolute atomic E-state index is 10.4. The Balaban J connectivity index is 2.89. The summed E-state index contributed by atoms with van der Waals surface area (Å²) in [6.07, 6.45) is -8.51. The van der Waals surface area contributed by atoms with E-state index in [1.165, 1.54) is 0 Å². The SMILES string of the molecule is NC(=O)OC1(O)O[C@H](CO)[C@@H](O)[C@H](O)[C@H]1O. The molecule has 5 atom stereocenters. The number of carbonyl (C=O) groups excluding carboxylic acids is 1. The fourth-order valence-electron chi connectivity index (χ4n) is 1.35. The van der Waals surface area contributed by atoms with Gasteiger partial charge in [0, 0.05) is 0 Å². The summed E-state index contributed by atoms with van der Waals surface area (Å²) < 4.78 is 8.63. The third-order valence-corrected chi connectivity index (χ3v) is 2.18. The van der Waals surface area contributed by atoms with Crippen LogP contribution in [0, 0.1) is 0 Å². The molecule has 0 saturated carbocycles. The summed E-state index contributed by atoms with van der Waals surface area (Å²) in [5.41, 5.74) is 4.62. The average Bonchev–Trinajstić information content (AvgIpc) is 2.20. The standard InChI is InChI=1S/C7H13NO8/c8-6(13)16-7(14)5(12)4(11)3(10)2(1-9)15-7/h2-5,9-12,14H,1H2,(H2,8,13)/t2-,3-,4+,5-,7?/m1/s1. The quantitative estimate of drug-likeness (QED) is 0.267. The second kappa shape index (κ2) is 4.49. The molecule has 0 radical (unpaired) electrons. The molecule has 1 saturated heterocycles. The first-order valence-electron chi connectivity index (χ1n) is 4.35. The maximum Gasteiger partial charge on any atom is 0.408 e. The monoisotopic (exact) mass is 239 g/mol. The van der Waals surface area contributed by atoms with Crippen molar-refractivity contribution >= 4 is 6.09 Å². The van der Waals surface area contributed by atoms with Crippen molar-refractivity contribution in [3.8, 4) is 0 Å². The van der Waals surface area contributed by atoms with Crippen LogP contribution in [0.3, 0.4) is 0 Å². The van der Waals surface area contributed by atoms with Gasteiger partial charge in [-0.05, 0) is 0 Å². The predicted octanol–water partition coefficient (Wildman–Crippen LogP) is -3.80. The zero-order chi connectivity index (χ0) is 12.5. The van der Waals surface area contributed by atoms with Crippen LogP contribution in [0.1, 0.15) is 0 Å². The highest BCUT2D eigenvalue weighted by Gasteiger charge is 2.55. The molecule has 1 amide bonds. The number of rotatable bonds is 2. The van der Waals surface area contributed by atoms with Gasteiger partial charge >= 0.3 is 12.1 Å². The first-order chi connectivity index (χ1) is 7.31. The Morgan fingerprint density at radius 3 is 2.38 bits per heavy atom. The lowest BCUT2D eigenvalue weighted by Crippen LogP contribution is -2.66. The molecule has 1 aliphatic rings. The number of primary amides is 1. The topological polar surface area (TPSA) is 163 Å². The molecule has 94 valence electrons. The maximum atomic E-state index is 10.4. The Hall–Kier alpha value is -0.970. The van der Waals surface area contributed by atoms with Gasteiger partial charge in [0.15, 0.2) is 6.10 Å². The van der Waals surface area contributed by atoms with Gasteiger partial charge in [-0.1, -0.05) is 0 Å². The second-order valence-electron chi connectivity index (χ2n) is 3.32. The summed E-state index contributed by atoms with van der Waals surface area (Å²) in [6.45, 7) is -0.768. The molecule has 0 bridgehead atoms. The zero-order valence-electron chi connectivity index (χ0n) is 8.05. The van der Waals surface area contributed by atoms with Crippen molar-refractivity contribution in [2.45, 2.75) is 30.4 Å². The Morgan fingerprint density at radius 1 is 1.38 bits per heavy atom. The van der Waals surface area contributed by atoms with Crippen molar-refractivity contribution in [2.75, 3.05) is 6.61 Å². The smallest absolute Gasteiger partial charge is 0.394 e. The van der Waals surface area contributed by atoms with Gasteiger partial charge in [0.05, 0.1) is 6.61 Å². The van der Waals surface area contributed by atoms with Crippen molar-refractivity contribution in [1.29, 1.82) is 0 Å². The molecule has 9 nitrogen and oxygen atoms in total. The number of hydrogen-bond donors (Lipinski definition) is 6. The van der Waals surface area contributed by atoms with Gasteiger partial charge in [0.2, 0.25) is 0 Å². The van der Waals surface area contributed by atoms with Crippen molar-refractivity contribution in [2.24, 2.45) is 5.73 Å². The minimum atomic E-state index is -2.90. The normalized spacial score (nSPS) is 44.1. The van der Waals surface area contributed by atoms with E-state index in [2.05, 4.69) is 15.2 Å². The van der Waals surface area contributed by atoms with Gasteiger partial charge in [0.25, 0.3) is 0 Å². The summed E-state index contributed by atoms with van der Waals surface area (Å²) in [5, 5.41) is 46.2. The number of aliphatic hydroxyl groups excluding tert-OH is 4. The third-order valence-electron chi connectivity index (χ3n) is 2.18. The van der Waals surface area contributed by atoms with E-state index >= 15 is 0 Å². The Bertz CT molecular complexity index is 271. The summed E-state index contributed by atoms with van der Waals surface area (Å²) in [7, 11) is 0. The summed E-state index contributed by atoms with van der Waals surface area (Å²) in [4.78, 5) is 10.4. The minimum absolute atomic E-state index is 0.768. The van der Waals surface area contributed by atoms with Gasteiger partial charge in [0.1, 0.15) is 18.3 Å². The molecular formula is C7H13NO8. The van der Waals surface area contributed by atoms with E-state index in [-0.39, 0.29) is 0 Å². The van der Waals surface area contributed by atoms with Crippen LogP contribution in [0.2, 0.25) is 0 Å². The highest BCUT2D eigenvalue weighted by molar-refractivity contribution is 5.65. The van der Waals surface area contributed by atoms with E-state index in [0.717, 1.165) is 0 Å². The predicted molar refractivity (Wildman–Crippen MR) is 45.6 cm³/mol. The van der Waals surface area contributed by atoms with Crippen LogP contribution in [0.5, 0.6) is 0 Å². The molecule has 9 heteroatoms. The second-order valence-corrected chi connectivity index (χ2v) is 3.32. The molecular weight excluding hydrogens is 226 g/mol. The van der Waals surface area contributed by atoms with E-state index in [4.69, 9.17) is 5.11 Å².